The van der Waals surface area contributed by atoms with Crippen molar-refractivity contribution in [3.63, 3.8) is 0 Å². The van der Waals surface area contributed by atoms with Crippen molar-refractivity contribution < 1.29 is 14.3 Å². The van der Waals surface area contributed by atoms with E-state index in [0.29, 0.717) is 13.2 Å². The Balaban J connectivity index is 1.40. The molecule has 3 rings (SSSR count). The number of benzene rings is 1. The molecule has 1 atom stereocenters. The molecule has 1 aromatic rings. The Morgan fingerprint density at radius 3 is 2.58 bits per heavy atom. The van der Waals surface area contributed by atoms with Gasteiger partial charge in [-0.15, -0.1) is 0 Å². The smallest absolute Gasteiger partial charge is 0.254 e. The van der Waals surface area contributed by atoms with Gasteiger partial charge in [0.25, 0.3) is 5.91 Å². The van der Waals surface area contributed by atoms with Crippen molar-refractivity contribution in [2.24, 2.45) is 0 Å². The number of piperazine rings is 1. The third-order valence-electron chi connectivity index (χ3n) is 5.00. The predicted octanol–water partition coefficient (Wildman–Crippen LogP) is 2.17. The topological polar surface area (TPSA) is 42.0 Å². The molecule has 0 saturated carbocycles. The normalized spacial score (nSPS) is 25.5. The molecule has 0 unspecified atom stereocenters. The number of carbonyl (C=O) groups excluding carboxylic acids is 1. The fourth-order valence-corrected chi connectivity index (χ4v) is 3.42. The van der Waals surface area contributed by atoms with E-state index in [-0.39, 0.29) is 5.91 Å². The van der Waals surface area contributed by atoms with E-state index >= 15 is 0 Å². The monoisotopic (exact) mass is 332 g/mol. The molecule has 1 amide bonds. The van der Waals surface area contributed by atoms with Crippen molar-refractivity contribution in [1.82, 2.24) is 9.80 Å². The maximum absolute atomic E-state index is 12.7. The number of carbonyl (C=O) groups is 1. The van der Waals surface area contributed by atoms with Crippen LogP contribution in [0.5, 0.6) is 5.75 Å². The van der Waals surface area contributed by atoms with Gasteiger partial charge < -0.3 is 14.4 Å². The van der Waals surface area contributed by atoms with Gasteiger partial charge >= 0.3 is 0 Å². The summed E-state index contributed by atoms with van der Waals surface area (Å²) in [6.07, 6.45) is 2.99. The molecule has 2 aliphatic rings. The van der Waals surface area contributed by atoms with Crippen LogP contribution in [-0.2, 0) is 9.53 Å². The first-order chi connectivity index (χ1) is 11.7. The molecular weight excluding hydrogens is 304 g/mol. The predicted molar refractivity (Wildman–Crippen MR) is 93.2 cm³/mol. The Hall–Kier alpha value is -1.59. The van der Waals surface area contributed by atoms with Crippen molar-refractivity contribution in [2.75, 3.05) is 45.9 Å². The molecular formula is C19H28N2O3. The highest BCUT2D eigenvalue weighted by Crippen LogP contribution is 2.27. The summed E-state index contributed by atoms with van der Waals surface area (Å²) in [5, 5.41) is 0. The summed E-state index contributed by atoms with van der Waals surface area (Å²) in [6.45, 7) is 7.60. The van der Waals surface area contributed by atoms with Gasteiger partial charge in [-0.2, -0.15) is 0 Å². The summed E-state index contributed by atoms with van der Waals surface area (Å²) in [6, 6.07) is 9.89. The molecule has 132 valence electrons. The molecule has 1 aromatic carbocycles. The SMILES string of the molecule is C[C@]1(C(=O)N2CCN(CCOc3ccccc3)CC2)CCCCO1. The number of rotatable bonds is 5. The van der Waals surface area contributed by atoms with Crippen molar-refractivity contribution in [1.29, 1.82) is 0 Å². The molecule has 0 aromatic heterocycles. The molecule has 2 saturated heterocycles. The molecule has 5 heteroatoms. The summed E-state index contributed by atoms with van der Waals surface area (Å²) < 4.78 is 11.5. The van der Waals surface area contributed by atoms with Crippen LogP contribution in [0.2, 0.25) is 0 Å². The minimum Gasteiger partial charge on any atom is -0.492 e. The minimum atomic E-state index is -0.600. The van der Waals surface area contributed by atoms with E-state index in [4.69, 9.17) is 9.47 Å². The Morgan fingerprint density at radius 2 is 1.92 bits per heavy atom. The first-order valence-electron chi connectivity index (χ1n) is 9.01. The van der Waals surface area contributed by atoms with E-state index in [1.165, 1.54) is 0 Å². The minimum absolute atomic E-state index is 0.169. The number of nitrogens with zero attached hydrogens (tertiary/aromatic N) is 2. The number of hydrogen-bond acceptors (Lipinski definition) is 4. The number of hydrogen-bond donors (Lipinski definition) is 0. The van der Waals surface area contributed by atoms with E-state index in [1.54, 1.807) is 0 Å². The van der Waals surface area contributed by atoms with Gasteiger partial charge in [0.05, 0.1) is 0 Å². The zero-order chi connectivity index (χ0) is 16.8. The summed E-state index contributed by atoms with van der Waals surface area (Å²) in [4.78, 5) is 17.1. The van der Waals surface area contributed by atoms with Crippen LogP contribution in [-0.4, -0.2) is 67.2 Å². The van der Waals surface area contributed by atoms with Crippen LogP contribution < -0.4 is 4.74 Å². The first-order valence-corrected chi connectivity index (χ1v) is 9.01. The zero-order valence-electron chi connectivity index (χ0n) is 14.6. The Labute approximate surface area is 144 Å². The fourth-order valence-electron chi connectivity index (χ4n) is 3.42. The second-order valence-corrected chi connectivity index (χ2v) is 6.83. The van der Waals surface area contributed by atoms with Crippen molar-refractivity contribution in [3.8, 4) is 5.75 Å². The summed E-state index contributed by atoms with van der Waals surface area (Å²) in [5.41, 5.74) is -0.600. The largest absolute Gasteiger partial charge is 0.492 e. The lowest BCUT2D eigenvalue weighted by atomic mass is 9.94. The fraction of sp³-hybridized carbons (Fsp3) is 0.632. The zero-order valence-corrected chi connectivity index (χ0v) is 14.6. The third kappa shape index (κ3) is 4.28. The molecule has 2 heterocycles. The molecule has 0 radical (unpaired) electrons. The van der Waals surface area contributed by atoms with Gasteiger partial charge in [0, 0.05) is 39.3 Å². The van der Waals surface area contributed by atoms with Gasteiger partial charge in [-0.1, -0.05) is 18.2 Å². The summed E-state index contributed by atoms with van der Waals surface area (Å²) in [7, 11) is 0. The maximum atomic E-state index is 12.7. The van der Waals surface area contributed by atoms with Crippen molar-refractivity contribution >= 4 is 5.91 Å². The van der Waals surface area contributed by atoms with Crippen LogP contribution in [0.4, 0.5) is 0 Å². The van der Waals surface area contributed by atoms with Gasteiger partial charge in [-0.25, -0.2) is 0 Å². The molecule has 2 aliphatic heterocycles. The lowest BCUT2D eigenvalue weighted by molar-refractivity contribution is -0.163. The second-order valence-electron chi connectivity index (χ2n) is 6.83. The van der Waals surface area contributed by atoms with Crippen LogP contribution in [0, 0.1) is 0 Å². The van der Waals surface area contributed by atoms with E-state index in [9.17, 15) is 4.79 Å². The molecule has 5 nitrogen and oxygen atoms in total. The van der Waals surface area contributed by atoms with Gasteiger partial charge in [0.15, 0.2) is 0 Å². The highest BCUT2D eigenvalue weighted by atomic mass is 16.5. The van der Waals surface area contributed by atoms with Crippen LogP contribution in [0.25, 0.3) is 0 Å². The number of amides is 1. The maximum Gasteiger partial charge on any atom is 0.254 e. The van der Waals surface area contributed by atoms with Gasteiger partial charge in [-0.05, 0) is 38.3 Å². The molecule has 0 aliphatic carbocycles. The van der Waals surface area contributed by atoms with Crippen molar-refractivity contribution in [3.05, 3.63) is 30.3 Å². The lowest BCUT2D eigenvalue weighted by Gasteiger charge is -2.41. The van der Waals surface area contributed by atoms with Crippen LogP contribution in [0.1, 0.15) is 26.2 Å². The number of ether oxygens (including phenoxy) is 2. The highest BCUT2D eigenvalue weighted by Gasteiger charge is 2.39. The Kier molecular flexibility index (Phi) is 5.74. The summed E-state index contributed by atoms with van der Waals surface area (Å²) >= 11 is 0. The quantitative estimate of drug-likeness (QED) is 0.829. The van der Waals surface area contributed by atoms with E-state index in [0.717, 1.165) is 57.7 Å². The van der Waals surface area contributed by atoms with Gasteiger partial charge in [0.1, 0.15) is 18.0 Å². The standard InChI is InChI=1S/C19H28N2O3/c1-19(9-5-6-15-24-19)18(22)21-12-10-20(11-13-21)14-16-23-17-7-3-2-4-8-17/h2-4,7-8H,5-6,9-16H2,1H3/t19-/m1/s1. The highest BCUT2D eigenvalue weighted by molar-refractivity contribution is 5.85. The van der Waals surface area contributed by atoms with E-state index in [1.807, 2.05) is 42.2 Å². The lowest BCUT2D eigenvalue weighted by Crippen LogP contribution is -2.56. The third-order valence-corrected chi connectivity index (χ3v) is 5.00. The van der Waals surface area contributed by atoms with Gasteiger partial charge in [-0.3, -0.25) is 9.69 Å². The summed E-state index contributed by atoms with van der Waals surface area (Å²) in [5.74, 6) is 1.08. The average Bonchev–Trinajstić information content (AvgIpc) is 2.63. The Morgan fingerprint density at radius 1 is 1.17 bits per heavy atom. The van der Waals surface area contributed by atoms with Crippen LogP contribution in [0.3, 0.4) is 0 Å². The molecule has 0 N–H and O–H groups in total. The van der Waals surface area contributed by atoms with Gasteiger partial charge in [0.2, 0.25) is 0 Å². The van der Waals surface area contributed by atoms with E-state index < -0.39 is 5.60 Å². The van der Waals surface area contributed by atoms with E-state index in [2.05, 4.69) is 4.90 Å². The Bertz CT molecular complexity index is 521. The average molecular weight is 332 g/mol. The van der Waals surface area contributed by atoms with Crippen LogP contribution in [0.15, 0.2) is 30.3 Å². The molecule has 24 heavy (non-hydrogen) atoms. The number of para-hydroxylation sites is 1. The molecule has 0 spiro atoms. The van der Waals surface area contributed by atoms with Crippen molar-refractivity contribution in [2.45, 2.75) is 31.8 Å². The second kappa shape index (κ2) is 7.99. The molecule has 0 bridgehead atoms. The molecule has 2 fully saturated rings. The van der Waals surface area contributed by atoms with Crippen LogP contribution >= 0.6 is 0 Å². The first kappa shape index (κ1) is 17.2.